The van der Waals surface area contributed by atoms with E-state index < -0.39 is 0 Å². The van der Waals surface area contributed by atoms with Gasteiger partial charge in [0, 0.05) is 6.61 Å². The molecular formula is C35H62O3. The molecule has 1 aliphatic heterocycles. The van der Waals surface area contributed by atoms with E-state index in [-0.39, 0.29) is 23.2 Å². The fraction of sp³-hybridized carbons (Fsp3) is 0.771. The highest BCUT2D eigenvalue weighted by Gasteiger charge is 2.35. The Kier molecular flexibility index (Phi) is 19.9. The summed E-state index contributed by atoms with van der Waals surface area (Å²) in [5, 5.41) is 10.9. The number of ether oxygens (including phenoxy) is 2. The van der Waals surface area contributed by atoms with Crippen molar-refractivity contribution in [2.75, 3.05) is 13.2 Å². The first-order chi connectivity index (χ1) is 18.3. The molecule has 1 N–H and O–H groups in total. The Hall–Kier alpha value is -1.16. The van der Waals surface area contributed by atoms with E-state index in [1.807, 2.05) is 0 Å². The van der Waals surface area contributed by atoms with Crippen LogP contribution in [-0.2, 0) is 9.47 Å². The lowest BCUT2D eigenvalue weighted by atomic mass is 9.71. The molecule has 0 aliphatic carbocycles. The van der Waals surface area contributed by atoms with Gasteiger partial charge in [-0.1, -0.05) is 115 Å². The quantitative estimate of drug-likeness (QED) is 0.112. The van der Waals surface area contributed by atoms with Gasteiger partial charge in [-0.2, -0.15) is 0 Å². The standard InChI is InChI=1S/C35H62O3/c1-6-7-8-9-10-11-12-13-14-15-16-17-18-19-20-21-22-23-24-27-32(36)35(4,5)30-34(2,3)31-38-33-28-25-26-29-37-33/h13-14,16-17,19-20,22-23,32-33,36H,6-12,15,18,21,24-31H2,1-5H3/b14-13-,17-16-,20-19-,23-22-. The van der Waals surface area contributed by atoms with E-state index in [0.717, 1.165) is 58.0 Å². The van der Waals surface area contributed by atoms with Crippen LogP contribution in [-0.4, -0.2) is 30.7 Å². The van der Waals surface area contributed by atoms with Gasteiger partial charge >= 0.3 is 0 Å². The van der Waals surface area contributed by atoms with Gasteiger partial charge in [0.15, 0.2) is 6.29 Å². The van der Waals surface area contributed by atoms with Gasteiger partial charge in [-0.15, -0.1) is 0 Å². The second-order valence-electron chi connectivity index (χ2n) is 12.7. The molecule has 2 atom stereocenters. The molecule has 0 amide bonds. The second kappa shape index (κ2) is 21.6. The summed E-state index contributed by atoms with van der Waals surface area (Å²) in [5.74, 6) is 0. The number of aliphatic hydroxyl groups is 1. The molecule has 0 saturated carbocycles. The van der Waals surface area contributed by atoms with Gasteiger partial charge in [-0.25, -0.2) is 0 Å². The summed E-state index contributed by atoms with van der Waals surface area (Å²) in [6, 6.07) is 0. The van der Waals surface area contributed by atoms with Gasteiger partial charge in [0.1, 0.15) is 0 Å². The van der Waals surface area contributed by atoms with Crippen molar-refractivity contribution >= 4 is 0 Å². The topological polar surface area (TPSA) is 38.7 Å². The summed E-state index contributed by atoms with van der Waals surface area (Å²) in [7, 11) is 0. The van der Waals surface area contributed by atoms with Gasteiger partial charge < -0.3 is 14.6 Å². The molecule has 3 heteroatoms. The van der Waals surface area contributed by atoms with Crippen molar-refractivity contribution in [1.29, 1.82) is 0 Å². The molecule has 1 rings (SSSR count). The molecule has 0 aromatic rings. The SMILES string of the molecule is CCCCCCCC/C=C\C/C=C\C/C=C\C/C=C\CCC(O)C(C)(C)CC(C)(C)COC1CCCCO1. The van der Waals surface area contributed by atoms with Crippen LogP contribution < -0.4 is 0 Å². The molecule has 0 radical (unpaired) electrons. The number of unbranched alkanes of at least 4 members (excludes halogenated alkanes) is 6. The Morgan fingerprint density at radius 1 is 0.789 bits per heavy atom. The molecular weight excluding hydrogens is 468 g/mol. The summed E-state index contributed by atoms with van der Waals surface area (Å²) in [6.07, 6.45) is 36.1. The normalized spacial score (nSPS) is 18.5. The van der Waals surface area contributed by atoms with E-state index >= 15 is 0 Å². The molecule has 1 fully saturated rings. The van der Waals surface area contributed by atoms with E-state index in [1.54, 1.807) is 0 Å². The zero-order chi connectivity index (χ0) is 28.0. The lowest BCUT2D eigenvalue weighted by Gasteiger charge is -2.39. The van der Waals surface area contributed by atoms with Crippen molar-refractivity contribution in [2.24, 2.45) is 10.8 Å². The van der Waals surface area contributed by atoms with E-state index in [2.05, 4.69) is 83.2 Å². The molecule has 2 unspecified atom stereocenters. The third-order valence-corrected chi connectivity index (χ3v) is 7.45. The third-order valence-electron chi connectivity index (χ3n) is 7.45. The van der Waals surface area contributed by atoms with Crippen LogP contribution in [0.2, 0.25) is 0 Å². The first-order valence-electron chi connectivity index (χ1n) is 15.8. The van der Waals surface area contributed by atoms with Crippen LogP contribution >= 0.6 is 0 Å². The Morgan fingerprint density at radius 3 is 1.97 bits per heavy atom. The fourth-order valence-corrected chi connectivity index (χ4v) is 5.30. The van der Waals surface area contributed by atoms with Gasteiger partial charge in [0.05, 0.1) is 12.7 Å². The molecule has 220 valence electrons. The Balaban J connectivity index is 2.10. The first-order valence-corrected chi connectivity index (χ1v) is 15.8. The predicted octanol–water partition coefficient (Wildman–Crippen LogP) is 10.3. The minimum atomic E-state index is -0.321. The maximum absolute atomic E-state index is 10.9. The minimum absolute atomic E-state index is 0.00417. The van der Waals surface area contributed by atoms with Crippen molar-refractivity contribution in [1.82, 2.24) is 0 Å². The summed E-state index contributed by atoms with van der Waals surface area (Å²) >= 11 is 0. The van der Waals surface area contributed by atoms with Crippen LogP contribution in [0.15, 0.2) is 48.6 Å². The highest BCUT2D eigenvalue weighted by Crippen LogP contribution is 2.38. The maximum Gasteiger partial charge on any atom is 0.157 e. The van der Waals surface area contributed by atoms with Crippen molar-refractivity contribution in [3.05, 3.63) is 48.6 Å². The average Bonchev–Trinajstić information content (AvgIpc) is 2.88. The molecule has 0 aromatic carbocycles. The monoisotopic (exact) mass is 530 g/mol. The molecule has 3 nitrogen and oxygen atoms in total. The van der Waals surface area contributed by atoms with Crippen LogP contribution in [0, 0.1) is 10.8 Å². The molecule has 1 aliphatic rings. The largest absolute Gasteiger partial charge is 0.393 e. The van der Waals surface area contributed by atoms with Crippen molar-refractivity contribution in [3.8, 4) is 0 Å². The van der Waals surface area contributed by atoms with E-state index in [0.29, 0.717) is 6.61 Å². The number of allylic oxidation sites excluding steroid dienone is 8. The predicted molar refractivity (Wildman–Crippen MR) is 165 cm³/mol. The lowest BCUT2D eigenvalue weighted by molar-refractivity contribution is -0.179. The van der Waals surface area contributed by atoms with Crippen LogP contribution in [0.4, 0.5) is 0 Å². The summed E-state index contributed by atoms with van der Waals surface area (Å²) in [4.78, 5) is 0. The van der Waals surface area contributed by atoms with Crippen LogP contribution in [0.5, 0.6) is 0 Å². The zero-order valence-electron chi connectivity index (χ0n) is 25.8. The highest BCUT2D eigenvalue weighted by molar-refractivity contribution is 4.99. The molecule has 0 spiro atoms. The zero-order valence-corrected chi connectivity index (χ0v) is 25.8. The van der Waals surface area contributed by atoms with E-state index in [1.165, 1.54) is 51.4 Å². The minimum Gasteiger partial charge on any atom is -0.393 e. The molecule has 0 bridgehead atoms. The van der Waals surface area contributed by atoms with Gasteiger partial charge in [0.25, 0.3) is 0 Å². The molecule has 38 heavy (non-hydrogen) atoms. The third kappa shape index (κ3) is 19.0. The van der Waals surface area contributed by atoms with Crippen LogP contribution in [0.1, 0.15) is 137 Å². The number of aliphatic hydroxyl groups excluding tert-OH is 1. The van der Waals surface area contributed by atoms with Gasteiger partial charge in [-0.3, -0.25) is 0 Å². The summed E-state index contributed by atoms with van der Waals surface area (Å²) < 4.78 is 11.8. The Bertz CT molecular complexity index is 665. The van der Waals surface area contributed by atoms with Gasteiger partial charge in [0.2, 0.25) is 0 Å². The van der Waals surface area contributed by atoms with E-state index in [9.17, 15) is 5.11 Å². The van der Waals surface area contributed by atoms with Crippen molar-refractivity contribution in [2.45, 2.75) is 150 Å². The second-order valence-corrected chi connectivity index (χ2v) is 12.7. The first kappa shape index (κ1) is 34.9. The highest BCUT2D eigenvalue weighted by atomic mass is 16.7. The van der Waals surface area contributed by atoms with Crippen LogP contribution in [0.3, 0.4) is 0 Å². The number of rotatable bonds is 22. The number of hydrogen-bond acceptors (Lipinski definition) is 3. The van der Waals surface area contributed by atoms with Crippen LogP contribution in [0.25, 0.3) is 0 Å². The van der Waals surface area contributed by atoms with Crippen molar-refractivity contribution in [3.63, 3.8) is 0 Å². The summed E-state index contributed by atoms with van der Waals surface area (Å²) in [5.41, 5.74) is -0.145. The smallest absolute Gasteiger partial charge is 0.157 e. The molecule has 1 heterocycles. The van der Waals surface area contributed by atoms with E-state index in [4.69, 9.17) is 9.47 Å². The summed E-state index contributed by atoms with van der Waals surface area (Å²) in [6.45, 7) is 12.6. The maximum atomic E-state index is 10.9. The number of hydrogen-bond donors (Lipinski definition) is 1. The fourth-order valence-electron chi connectivity index (χ4n) is 5.30. The van der Waals surface area contributed by atoms with Crippen molar-refractivity contribution < 1.29 is 14.6 Å². The lowest BCUT2D eigenvalue weighted by Crippen LogP contribution is -2.37. The Morgan fingerprint density at radius 2 is 1.37 bits per heavy atom. The molecule has 1 saturated heterocycles. The average molecular weight is 531 g/mol. The molecule has 0 aromatic heterocycles. The van der Waals surface area contributed by atoms with Gasteiger partial charge in [-0.05, 0) is 81.5 Å². The Labute approximate surface area is 236 Å².